The molecule has 3 aromatic heterocycles. The molecule has 2 N–H and O–H groups in total. The molecule has 0 saturated carbocycles. The van der Waals surface area contributed by atoms with E-state index in [-0.39, 0.29) is 5.69 Å². The van der Waals surface area contributed by atoms with E-state index in [0.29, 0.717) is 5.65 Å². The molecule has 0 atom stereocenters. The van der Waals surface area contributed by atoms with Crippen molar-refractivity contribution < 1.29 is 0 Å². The van der Waals surface area contributed by atoms with E-state index in [9.17, 15) is 4.79 Å². The third kappa shape index (κ3) is 2.86. The second-order valence-electron chi connectivity index (χ2n) is 5.15. The molecule has 0 fully saturated rings. The predicted molar refractivity (Wildman–Crippen MR) is 83.2 cm³/mol. The first kappa shape index (κ1) is 13.5. The minimum Gasteiger partial charge on any atom is -0.304 e. The molecule has 0 bridgehead atoms. The third-order valence-corrected chi connectivity index (χ3v) is 3.59. The van der Waals surface area contributed by atoms with Gasteiger partial charge >= 0.3 is 5.69 Å². The summed E-state index contributed by atoms with van der Waals surface area (Å²) in [5, 5.41) is 0. The van der Waals surface area contributed by atoms with E-state index in [1.54, 1.807) is 12.4 Å². The molecule has 0 aromatic carbocycles. The number of hydrogen-bond donors (Lipinski definition) is 2. The number of fused-ring (bicyclic) bond motifs is 1. The van der Waals surface area contributed by atoms with Crippen LogP contribution in [0.25, 0.3) is 22.3 Å². The summed E-state index contributed by atoms with van der Waals surface area (Å²) in [6, 6.07) is 5.94. The number of unbranched alkanes of at least 4 members (excludes halogenated alkanes) is 2. The van der Waals surface area contributed by atoms with Crippen LogP contribution in [0.1, 0.15) is 31.9 Å². The number of hydrogen-bond acceptors (Lipinski definition) is 3. The molecule has 5 heteroatoms. The Labute approximate surface area is 122 Å². The molecular formula is C16H18N4O. The van der Waals surface area contributed by atoms with E-state index in [2.05, 4.69) is 26.9 Å². The standard InChI is InChI=1S/C16H18N4O/c1-2-3-4-5-13-12(11-6-8-17-9-7-11)10-14-15(18-13)20-16(21)19-14/h6-10H,2-5H2,1H3,(H2,18,19,20,21). The van der Waals surface area contributed by atoms with Gasteiger partial charge < -0.3 is 4.98 Å². The lowest BCUT2D eigenvalue weighted by atomic mass is 10.0. The quantitative estimate of drug-likeness (QED) is 0.706. The van der Waals surface area contributed by atoms with Crippen molar-refractivity contribution in [2.75, 3.05) is 0 Å². The minimum atomic E-state index is -0.219. The number of nitrogens with one attached hydrogen (secondary N) is 2. The van der Waals surface area contributed by atoms with Gasteiger partial charge in [-0.3, -0.25) is 9.97 Å². The van der Waals surface area contributed by atoms with Crippen LogP contribution in [-0.2, 0) is 6.42 Å². The number of nitrogens with zero attached hydrogens (tertiary/aromatic N) is 2. The number of rotatable bonds is 5. The summed E-state index contributed by atoms with van der Waals surface area (Å²) in [5.41, 5.74) is 4.32. The summed E-state index contributed by atoms with van der Waals surface area (Å²) in [7, 11) is 0. The zero-order valence-electron chi connectivity index (χ0n) is 12.0. The first-order valence-electron chi connectivity index (χ1n) is 7.30. The average Bonchev–Trinajstić information content (AvgIpc) is 2.86. The zero-order valence-corrected chi connectivity index (χ0v) is 12.0. The second-order valence-corrected chi connectivity index (χ2v) is 5.15. The van der Waals surface area contributed by atoms with Crippen molar-refractivity contribution in [2.45, 2.75) is 32.6 Å². The fourth-order valence-corrected chi connectivity index (χ4v) is 2.52. The summed E-state index contributed by atoms with van der Waals surface area (Å²) < 4.78 is 0. The van der Waals surface area contributed by atoms with Crippen LogP contribution in [0.5, 0.6) is 0 Å². The fraction of sp³-hybridized carbons (Fsp3) is 0.312. The van der Waals surface area contributed by atoms with Crippen molar-refractivity contribution in [3.05, 3.63) is 46.8 Å². The first-order chi connectivity index (χ1) is 10.3. The minimum absolute atomic E-state index is 0.219. The van der Waals surface area contributed by atoms with Gasteiger partial charge in [0, 0.05) is 18.0 Å². The lowest BCUT2D eigenvalue weighted by Crippen LogP contribution is -1.99. The molecule has 0 aliphatic carbocycles. The van der Waals surface area contributed by atoms with Gasteiger partial charge in [0.05, 0.1) is 11.2 Å². The molecule has 0 unspecified atom stereocenters. The number of aryl methyl sites for hydroxylation is 1. The van der Waals surface area contributed by atoms with Gasteiger partial charge in [-0.1, -0.05) is 19.8 Å². The van der Waals surface area contributed by atoms with E-state index >= 15 is 0 Å². The Morgan fingerprint density at radius 3 is 2.71 bits per heavy atom. The lowest BCUT2D eigenvalue weighted by molar-refractivity contribution is 0.709. The Morgan fingerprint density at radius 2 is 1.95 bits per heavy atom. The van der Waals surface area contributed by atoms with Gasteiger partial charge in [-0.05, 0) is 36.6 Å². The smallest absolute Gasteiger partial charge is 0.304 e. The van der Waals surface area contributed by atoms with Gasteiger partial charge in [-0.15, -0.1) is 0 Å². The van der Waals surface area contributed by atoms with Crippen molar-refractivity contribution in [3.63, 3.8) is 0 Å². The van der Waals surface area contributed by atoms with Gasteiger partial charge in [-0.2, -0.15) is 0 Å². The fourth-order valence-electron chi connectivity index (χ4n) is 2.52. The van der Waals surface area contributed by atoms with Crippen molar-refractivity contribution in [2.24, 2.45) is 0 Å². The van der Waals surface area contributed by atoms with Crippen LogP contribution < -0.4 is 5.69 Å². The molecular weight excluding hydrogens is 264 g/mol. The highest BCUT2D eigenvalue weighted by atomic mass is 16.1. The van der Waals surface area contributed by atoms with E-state index in [4.69, 9.17) is 0 Å². The molecule has 3 aromatic rings. The lowest BCUT2D eigenvalue weighted by Gasteiger charge is -2.09. The van der Waals surface area contributed by atoms with Gasteiger partial charge in [0.15, 0.2) is 5.65 Å². The highest BCUT2D eigenvalue weighted by molar-refractivity contribution is 5.79. The van der Waals surface area contributed by atoms with Crippen LogP contribution in [0, 0.1) is 0 Å². The number of aromatic nitrogens is 4. The van der Waals surface area contributed by atoms with Crippen molar-refractivity contribution in [1.82, 2.24) is 19.9 Å². The molecule has 0 radical (unpaired) electrons. The zero-order chi connectivity index (χ0) is 14.7. The highest BCUT2D eigenvalue weighted by Crippen LogP contribution is 2.25. The van der Waals surface area contributed by atoms with Crippen LogP contribution in [0.3, 0.4) is 0 Å². The molecule has 3 rings (SSSR count). The Balaban J connectivity index is 2.09. The number of aromatic amines is 2. The normalized spacial score (nSPS) is 11.1. The Morgan fingerprint density at radius 1 is 1.14 bits per heavy atom. The summed E-state index contributed by atoms with van der Waals surface area (Å²) >= 11 is 0. The summed E-state index contributed by atoms with van der Waals surface area (Å²) in [4.78, 5) is 25.6. The predicted octanol–water partition coefficient (Wildman–Crippen LogP) is 3.05. The average molecular weight is 282 g/mol. The Hall–Kier alpha value is -2.43. The van der Waals surface area contributed by atoms with Gasteiger partial charge in [0.2, 0.25) is 0 Å². The molecule has 3 heterocycles. The summed E-state index contributed by atoms with van der Waals surface area (Å²) in [6.07, 6.45) is 7.91. The van der Waals surface area contributed by atoms with Gasteiger partial charge in [0.25, 0.3) is 0 Å². The molecule has 5 nitrogen and oxygen atoms in total. The van der Waals surface area contributed by atoms with E-state index < -0.39 is 0 Å². The number of pyridine rings is 2. The number of imidazole rings is 1. The van der Waals surface area contributed by atoms with Gasteiger partial charge in [-0.25, -0.2) is 9.78 Å². The van der Waals surface area contributed by atoms with Crippen LogP contribution >= 0.6 is 0 Å². The van der Waals surface area contributed by atoms with Crippen molar-refractivity contribution in [1.29, 1.82) is 0 Å². The molecule has 0 spiro atoms. The monoisotopic (exact) mass is 282 g/mol. The molecule has 0 aliphatic rings. The molecule has 21 heavy (non-hydrogen) atoms. The second kappa shape index (κ2) is 5.91. The van der Waals surface area contributed by atoms with Crippen LogP contribution in [0.4, 0.5) is 0 Å². The Kier molecular flexibility index (Phi) is 3.81. The molecule has 0 amide bonds. The van der Waals surface area contributed by atoms with Crippen LogP contribution in [-0.4, -0.2) is 19.9 Å². The van der Waals surface area contributed by atoms with E-state index in [1.807, 2.05) is 18.2 Å². The summed E-state index contributed by atoms with van der Waals surface area (Å²) in [5.74, 6) is 0. The van der Waals surface area contributed by atoms with Crippen molar-refractivity contribution in [3.8, 4) is 11.1 Å². The first-order valence-corrected chi connectivity index (χ1v) is 7.30. The topological polar surface area (TPSA) is 74.4 Å². The maximum absolute atomic E-state index is 11.4. The summed E-state index contributed by atoms with van der Waals surface area (Å²) in [6.45, 7) is 2.18. The maximum Gasteiger partial charge on any atom is 0.325 e. The largest absolute Gasteiger partial charge is 0.325 e. The van der Waals surface area contributed by atoms with Crippen LogP contribution in [0.2, 0.25) is 0 Å². The highest BCUT2D eigenvalue weighted by Gasteiger charge is 2.10. The SMILES string of the molecule is CCCCCc1nc2[nH]c(=O)[nH]c2cc1-c1ccncc1. The number of H-pyrrole nitrogens is 2. The molecule has 0 saturated heterocycles. The third-order valence-electron chi connectivity index (χ3n) is 3.59. The van der Waals surface area contributed by atoms with Crippen LogP contribution in [0.15, 0.2) is 35.4 Å². The van der Waals surface area contributed by atoms with E-state index in [1.165, 1.54) is 12.8 Å². The van der Waals surface area contributed by atoms with E-state index in [0.717, 1.165) is 35.2 Å². The molecule has 108 valence electrons. The Bertz CT molecular complexity index is 789. The maximum atomic E-state index is 11.4. The molecule has 0 aliphatic heterocycles. The van der Waals surface area contributed by atoms with Gasteiger partial charge in [0.1, 0.15) is 0 Å². The van der Waals surface area contributed by atoms with Crippen molar-refractivity contribution >= 4 is 11.2 Å².